The van der Waals surface area contributed by atoms with Crippen molar-refractivity contribution in [3.63, 3.8) is 0 Å². The number of hydrogen-bond acceptors (Lipinski definition) is 1. The summed E-state index contributed by atoms with van der Waals surface area (Å²) in [5.41, 5.74) is -0.425. The van der Waals surface area contributed by atoms with Crippen LogP contribution in [0.4, 0.5) is 0 Å². The molecule has 0 aliphatic heterocycles. The molecule has 3 aliphatic carbocycles. The van der Waals surface area contributed by atoms with Gasteiger partial charge in [-0.05, 0) is 34.0 Å². The summed E-state index contributed by atoms with van der Waals surface area (Å²) in [6.45, 7) is 6.81. The zero-order valence-electron chi connectivity index (χ0n) is 8.97. The smallest absolute Gasteiger partial charge is 0.129 e. The Bertz CT molecular complexity index is 312. The lowest BCUT2D eigenvalue weighted by Gasteiger charge is -2.64. The molecule has 1 nitrogen and oxygen atoms in total. The molecule has 3 saturated carbocycles. The van der Waals surface area contributed by atoms with Gasteiger partial charge in [0.25, 0.3) is 0 Å². The second kappa shape index (κ2) is 3.12. The first-order chi connectivity index (χ1) is 6.42. The van der Waals surface area contributed by atoms with Crippen LogP contribution in [0.5, 0.6) is 0 Å². The van der Waals surface area contributed by atoms with E-state index in [1.807, 2.05) is 22.6 Å². The quantitative estimate of drug-likeness (QED) is 0.539. The fourth-order valence-corrected chi connectivity index (χ4v) is 4.20. The Morgan fingerprint density at radius 1 is 1.43 bits per heavy atom. The van der Waals surface area contributed by atoms with Crippen molar-refractivity contribution in [3.8, 4) is 9.85 Å². The van der Waals surface area contributed by atoms with Gasteiger partial charge in [0.05, 0.1) is 0 Å². The maximum absolute atomic E-state index is 10.5. The first kappa shape index (κ1) is 10.8. The summed E-state index contributed by atoms with van der Waals surface area (Å²) in [5, 5.41) is 10.5. The maximum atomic E-state index is 10.5. The number of aliphatic hydroxyl groups is 1. The van der Waals surface area contributed by atoms with Gasteiger partial charge in [-0.1, -0.05) is 26.7 Å². The van der Waals surface area contributed by atoms with Gasteiger partial charge in [-0.3, -0.25) is 0 Å². The summed E-state index contributed by atoms with van der Waals surface area (Å²) in [6, 6.07) is 0. The van der Waals surface area contributed by atoms with Crippen LogP contribution in [0, 0.1) is 33.0 Å². The summed E-state index contributed by atoms with van der Waals surface area (Å²) >= 11 is 2.02. The van der Waals surface area contributed by atoms with E-state index in [2.05, 4.69) is 30.6 Å². The van der Waals surface area contributed by atoms with E-state index in [0.29, 0.717) is 11.8 Å². The van der Waals surface area contributed by atoms with Crippen LogP contribution in [0.2, 0.25) is 0 Å². The molecule has 4 atom stereocenters. The molecule has 0 radical (unpaired) electrons. The van der Waals surface area contributed by atoms with Crippen LogP contribution in [-0.4, -0.2) is 10.7 Å². The lowest BCUT2D eigenvalue weighted by Crippen LogP contribution is -2.63. The standard InChI is InChI=1S/C12H17IO/c1-8-7-12(14,4-5-13)10-6-9(8)11(10,2)3/h8-10,14H,6-7H2,1-3H3. The van der Waals surface area contributed by atoms with Gasteiger partial charge in [0.2, 0.25) is 0 Å². The van der Waals surface area contributed by atoms with E-state index in [-0.39, 0.29) is 5.41 Å². The molecule has 0 amide bonds. The molecule has 78 valence electrons. The Balaban J connectivity index is 2.33. The Morgan fingerprint density at radius 2 is 2.07 bits per heavy atom. The van der Waals surface area contributed by atoms with Crippen LogP contribution in [0.1, 0.15) is 33.6 Å². The van der Waals surface area contributed by atoms with Crippen molar-refractivity contribution in [1.82, 2.24) is 0 Å². The van der Waals surface area contributed by atoms with Gasteiger partial charge in [-0.2, -0.15) is 0 Å². The summed E-state index contributed by atoms with van der Waals surface area (Å²) < 4.78 is 2.86. The monoisotopic (exact) mass is 304 g/mol. The first-order valence-corrected chi connectivity index (χ1v) is 6.35. The zero-order chi connectivity index (χ0) is 10.6. The molecule has 2 bridgehead atoms. The van der Waals surface area contributed by atoms with E-state index in [0.717, 1.165) is 18.8 Å². The minimum atomic E-state index is -0.709. The van der Waals surface area contributed by atoms with Gasteiger partial charge in [-0.15, -0.1) is 0 Å². The van der Waals surface area contributed by atoms with Crippen molar-refractivity contribution >= 4 is 22.6 Å². The van der Waals surface area contributed by atoms with Crippen molar-refractivity contribution in [2.24, 2.45) is 23.2 Å². The van der Waals surface area contributed by atoms with Crippen LogP contribution in [0.15, 0.2) is 0 Å². The molecular formula is C12H17IO. The molecule has 1 N–H and O–H groups in total. The highest BCUT2D eigenvalue weighted by atomic mass is 127. The second-order valence-corrected chi connectivity index (χ2v) is 6.08. The predicted molar refractivity (Wildman–Crippen MR) is 65.9 cm³/mol. The molecule has 0 saturated heterocycles. The molecule has 3 fully saturated rings. The molecule has 14 heavy (non-hydrogen) atoms. The molecule has 0 aromatic rings. The Kier molecular flexibility index (Phi) is 2.40. The van der Waals surface area contributed by atoms with Gasteiger partial charge in [0.1, 0.15) is 5.60 Å². The summed E-state index contributed by atoms with van der Waals surface area (Å²) in [6.07, 6.45) is 2.03. The summed E-state index contributed by atoms with van der Waals surface area (Å²) in [5.74, 6) is 4.82. The van der Waals surface area contributed by atoms with Crippen LogP contribution in [-0.2, 0) is 0 Å². The average molecular weight is 304 g/mol. The summed E-state index contributed by atoms with van der Waals surface area (Å²) in [4.78, 5) is 0. The molecule has 2 heteroatoms. The number of rotatable bonds is 0. The van der Waals surface area contributed by atoms with E-state index in [1.54, 1.807) is 0 Å². The Morgan fingerprint density at radius 3 is 2.50 bits per heavy atom. The van der Waals surface area contributed by atoms with Crippen LogP contribution < -0.4 is 0 Å². The molecule has 4 unspecified atom stereocenters. The summed E-state index contributed by atoms with van der Waals surface area (Å²) in [7, 11) is 0. The van der Waals surface area contributed by atoms with Gasteiger partial charge < -0.3 is 5.11 Å². The largest absolute Gasteiger partial charge is 0.377 e. The van der Waals surface area contributed by atoms with E-state index < -0.39 is 5.60 Å². The molecule has 0 aromatic heterocycles. The third-order valence-corrected chi connectivity index (χ3v) is 4.77. The molecule has 3 rings (SSSR count). The van der Waals surface area contributed by atoms with E-state index >= 15 is 0 Å². The highest BCUT2D eigenvalue weighted by molar-refractivity contribution is 14.1. The minimum Gasteiger partial charge on any atom is -0.377 e. The average Bonchev–Trinajstić information content (AvgIpc) is 2.01. The Labute approximate surface area is 99.8 Å². The van der Waals surface area contributed by atoms with Crippen molar-refractivity contribution in [3.05, 3.63) is 0 Å². The van der Waals surface area contributed by atoms with E-state index in [1.165, 1.54) is 0 Å². The van der Waals surface area contributed by atoms with Crippen LogP contribution >= 0.6 is 22.6 Å². The van der Waals surface area contributed by atoms with Crippen molar-refractivity contribution in [1.29, 1.82) is 0 Å². The highest BCUT2D eigenvalue weighted by Crippen LogP contribution is 2.64. The van der Waals surface area contributed by atoms with Gasteiger partial charge in [0, 0.05) is 28.5 Å². The molecule has 3 aliphatic rings. The van der Waals surface area contributed by atoms with Gasteiger partial charge >= 0.3 is 0 Å². The molecular weight excluding hydrogens is 287 g/mol. The Hall–Kier alpha value is 0.250. The third-order valence-electron chi connectivity index (χ3n) is 4.50. The molecule has 0 spiro atoms. The zero-order valence-corrected chi connectivity index (χ0v) is 11.1. The second-order valence-electron chi connectivity index (χ2n) is 5.54. The fourth-order valence-electron chi connectivity index (χ4n) is 3.73. The maximum Gasteiger partial charge on any atom is 0.129 e. The first-order valence-electron chi connectivity index (χ1n) is 5.27. The van der Waals surface area contributed by atoms with Crippen LogP contribution in [0.25, 0.3) is 0 Å². The van der Waals surface area contributed by atoms with Crippen molar-refractivity contribution in [2.75, 3.05) is 0 Å². The lowest BCUT2D eigenvalue weighted by atomic mass is 9.41. The number of hydrogen-bond donors (Lipinski definition) is 1. The predicted octanol–water partition coefficient (Wildman–Crippen LogP) is 2.82. The fraction of sp³-hybridized carbons (Fsp3) is 0.833. The van der Waals surface area contributed by atoms with Crippen molar-refractivity contribution < 1.29 is 5.11 Å². The third kappa shape index (κ3) is 1.25. The van der Waals surface area contributed by atoms with Crippen LogP contribution in [0.3, 0.4) is 0 Å². The number of halogens is 1. The number of fused-ring (bicyclic) bond motifs is 2. The lowest BCUT2D eigenvalue weighted by molar-refractivity contribution is -0.198. The highest BCUT2D eigenvalue weighted by Gasteiger charge is 2.62. The minimum absolute atomic E-state index is 0.285. The van der Waals surface area contributed by atoms with Gasteiger partial charge in [0.15, 0.2) is 0 Å². The SMILES string of the molecule is CC1CC(O)(C#CI)C2CC1C2(C)C. The van der Waals surface area contributed by atoms with Gasteiger partial charge in [-0.25, -0.2) is 0 Å². The topological polar surface area (TPSA) is 20.2 Å². The van der Waals surface area contributed by atoms with E-state index in [9.17, 15) is 5.11 Å². The normalized spacial score (nSPS) is 48.8. The van der Waals surface area contributed by atoms with E-state index in [4.69, 9.17) is 0 Å². The van der Waals surface area contributed by atoms with Crippen molar-refractivity contribution in [2.45, 2.75) is 39.2 Å². The molecule has 0 aromatic carbocycles. The molecule has 0 heterocycles.